The zero-order chi connectivity index (χ0) is 17.4. The van der Waals surface area contributed by atoms with Crippen LogP contribution in [0.4, 0.5) is 11.4 Å². The van der Waals surface area contributed by atoms with Gasteiger partial charge in [0.25, 0.3) is 5.69 Å². The fourth-order valence-electron chi connectivity index (χ4n) is 1.87. The van der Waals surface area contributed by atoms with E-state index in [1.165, 1.54) is 23.9 Å². The number of nitro benzene ring substituents is 1. The Balaban J connectivity index is 1.65. The van der Waals surface area contributed by atoms with E-state index in [1.54, 1.807) is 18.2 Å². The molecule has 1 amide bonds. The highest BCUT2D eigenvalue weighted by Gasteiger charge is 2.05. The highest BCUT2D eigenvalue weighted by Crippen LogP contribution is 2.26. The molecule has 2 aromatic rings. The summed E-state index contributed by atoms with van der Waals surface area (Å²) >= 11 is 7.41. The van der Waals surface area contributed by atoms with Crippen LogP contribution in [-0.2, 0) is 4.79 Å². The average Bonchev–Trinajstić information content (AvgIpc) is 2.58. The Hall–Kier alpha value is -2.25. The van der Waals surface area contributed by atoms with Gasteiger partial charge in [-0.15, -0.1) is 11.8 Å². The topological polar surface area (TPSA) is 84.3 Å². The van der Waals surface area contributed by atoms with E-state index in [1.807, 2.05) is 18.2 Å². The van der Waals surface area contributed by atoms with E-state index in [-0.39, 0.29) is 11.6 Å². The number of hydrogen-bond donors (Lipinski definition) is 2. The fraction of sp³-hybridized carbons (Fsp3) is 0.188. The lowest BCUT2D eigenvalue weighted by atomic mass is 10.3. The number of non-ortho nitro benzene ring substituents is 1. The van der Waals surface area contributed by atoms with Gasteiger partial charge in [-0.3, -0.25) is 14.9 Å². The number of nitrogens with one attached hydrogen (secondary N) is 2. The molecule has 0 aliphatic heterocycles. The summed E-state index contributed by atoms with van der Waals surface area (Å²) in [6.07, 6.45) is 0. The number of hydrogen-bond acceptors (Lipinski definition) is 5. The molecule has 0 aliphatic carbocycles. The highest BCUT2D eigenvalue weighted by molar-refractivity contribution is 8.00. The molecule has 0 spiro atoms. The van der Waals surface area contributed by atoms with Crippen LogP contribution in [0.25, 0.3) is 0 Å². The second-order valence-corrected chi connectivity index (χ2v) is 6.22. The molecule has 0 aromatic heterocycles. The van der Waals surface area contributed by atoms with Crippen LogP contribution in [-0.4, -0.2) is 29.7 Å². The largest absolute Gasteiger partial charge is 0.383 e. The van der Waals surface area contributed by atoms with E-state index >= 15 is 0 Å². The summed E-state index contributed by atoms with van der Waals surface area (Å²) in [5.74, 6) is 0.215. The van der Waals surface area contributed by atoms with Gasteiger partial charge in [0, 0.05) is 35.8 Å². The first-order valence-electron chi connectivity index (χ1n) is 7.18. The summed E-state index contributed by atoms with van der Waals surface area (Å²) in [6, 6.07) is 13.5. The summed E-state index contributed by atoms with van der Waals surface area (Å²) in [4.78, 5) is 22.8. The molecule has 0 unspecified atom stereocenters. The number of carbonyl (C=O) groups is 1. The van der Waals surface area contributed by atoms with Crippen LogP contribution in [0.5, 0.6) is 0 Å². The van der Waals surface area contributed by atoms with Crippen molar-refractivity contribution in [2.45, 2.75) is 4.90 Å². The molecule has 0 fully saturated rings. The Morgan fingerprint density at radius 3 is 2.50 bits per heavy atom. The lowest BCUT2D eigenvalue weighted by Crippen LogP contribution is -2.30. The normalized spacial score (nSPS) is 10.2. The molecule has 6 nitrogen and oxygen atoms in total. The number of rotatable bonds is 8. The Labute approximate surface area is 148 Å². The Morgan fingerprint density at radius 1 is 1.12 bits per heavy atom. The molecule has 0 atom stereocenters. The van der Waals surface area contributed by atoms with Crippen molar-refractivity contribution in [2.75, 3.05) is 24.2 Å². The lowest BCUT2D eigenvalue weighted by Gasteiger charge is -2.08. The Bertz CT molecular complexity index is 710. The van der Waals surface area contributed by atoms with Gasteiger partial charge in [-0.2, -0.15) is 0 Å². The first-order valence-corrected chi connectivity index (χ1v) is 8.55. The van der Waals surface area contributed by atoms with Gasteiger partial charge >= 0.3 is 0 Å². The summed E-state index contributed by atoms with van der Waals surface area (Å²) in [7, 11) is 0. The Morgan fingerprint density at radius 2 is 1.83 bits per heavy atom. The minimum atomic E-state index is -0.444. The fourth-order valence-corrected chi connectivity index (χ4v) is 2.93. The van der Waals surface area contributed by atoms with Gasteiger partial charge in [0.2, 0.25) is 5.91 Å². The molecular weight excluding hydrogens is 350 g/mol. The number of nitrogens with zero attached hydrogens (tertiary/aromatic N) is 1. The van der Waals surface area contributed by atoms with Crippen molar-refractivity contribution in [3.05, 3.63) is 63.7 Å². The van der Waals surface area contributed by atoms with E-state index in [4.69, 9.17) is 11.6 Å². The predicted molar refractivity (Wildman–Crippen MR) is 96.8 cm³/mol. The lowest BCUT2D eigenvalue weighted by molar-refractivity contribution is -0.384. The van der Waals surface area contributed by atoms with Crippen molar-refractivity contribution in [3.8, 4) is 0 Å². The molecule has 0 bridgehead atoms. The van der Waals surface area contributed by atoms with Crippen molar-refractivity contribution in [2.24, 2.45) is 0 Å². The van der Waals surface area contributed by atoms with E-state index in [0.717, 1.165) is 10.6 Å². The molecule has 8 heteroatoms. The third-order valence-electron chi connectivity index (χ3n) is 3.05. The Kier molecular flexibility index (Phi) is 6.89. The standard InChI is InChI=1S/C16H16ClN3O3S/c17-14-3-1-2-4-15(14)24-11-16(21)19-10-9-18-12-5-7-13(8-6-12)20(22)23/h1-8,18H,9-11H2,(H,19,21). The van der Waals surface area contributed by atoms with Crippen LogP contribution in [0.15, 0.2) is 53.4 Å². The summed E-state index contributed by atoms with van der Waals surface area (Å²) in [6.45, 7) is 0.985. The third-order valence-corrected chi connectivity index (χ3v) is 4.57. The van der Waals surface area contributed by atoms with E-state index < -0.39 is 4.92 Å². The minimum absolute atomic E-state index is 0.0467. The molecule has 0 saturated carbocycles. The molecule has 2 N–H and O–H groups in total. The summed E-state index contributed by atoms with van der Waals surface area (Å²) in [5.41, 5.74) is 0.811. The van der Waals surface area contributed by atoms with Crippen LogP contribution >= 0.6 is 23.4 Å². The van der Waals surface area contributed by atoms with Gasteiger partial charge in [-0.1, -0.05) is 23.7 Å². The third kappa shape index (κ3) is 5.75. The quantitative estimate of drug-likeness (QED) is 0.323. The van der Waals surface area contributed by atoms with Crippen LogP contribution in [0.3, 0.4) is 0 Å². The predicted octanol–water partition coefficient (Wildman–Crippen LogP) is 3.57. The first kappa shape index (κ1) is 18.1. The van der Waals surface area contributed by atoms with Crippen molar-refractivity contribution in [1.29, 1.82) is 0 Å². The van der Waals surface area contributed by atoms with Crippen molar-refractivity contribution in [3.63, 3.8) is 0 Å². The maximum atomic E-state index is 11.8. The number of anilines is 1. The van der Waals surface area contributed by atoms with Gasteiger partial charge < -0.3 is 10.6 Å². The van der Waals surface area contributed by atoms with E-state index in [2.05, 4.69) is 10.6 Å². The van der Waals surface area contributed by atoms with Crippen molar-refractivity contribution >= 4 is 40.6 Å². The van der Waals surface area contributed by atoms with Crippen LogP contribution in [0.2, 0.25) is 5.02 Å². The maximum absolute atomic E-state index is 11.8. The van der Waals surface area contributed by atoms with Gasteiger partial charge in [-0.25, -0.2) is 0 Å². The monoisotopic (exact) mass is 365 g/mol. The SMILES string of the molecule is O=C(CSc1ccccc1Cl)NCCNc1ccc([N+](=O)[O-])cc1. The molecule has 0 radical (unpaired) electrons. The molecular formula is C16H16ClN3O3S. The number of amides is 1. The number of carbonyl (C=O) groups excluding carboxylic acids is 1. The second-order valence-electron chi connectivity index (χ2n) is 4.80. The van der Waals surface area contributed by atoms with Crippen molar-refractivity contribution in [1.82, 2.24) is 5.32 Å². The van der Waals surface area contributed by atoms with Crippen LogP contribution in [0, 0.1) is 10.1 Å². The maximum Gasteiger partial charge on any atom is 0.269 e. The molecule has 0 saturated heterocycles. The van der Waals surface area contributed by atoms with Gasteiger partial charge in [0.1, 0.15) is 0 Å². The minimum Gasteiger partial charge on any atom is -0.383 e. The average molecular weight is 366 g/mol. The highest BCUT2D eigenvalue weighted by atomic mass is 35.5. The number of benzene rings is 2. The van der Waals surface area contributed by atoms with Gasteiger partial charge in [-0.05, 0) is 24.3 Å². The van der Waals surface area contributed by atoms with Crippen LogP contribution < -0.4 is 10.6 Å². The molecule has 126 valence electrons. The molecule has 2 aromatic carbocycles. The number of nitro groups is 1. The summed E-state index contributed by atoms with van der Waals surface area (Å²) < 4.78 is 0. The first-order chi connectivity index (χ1) is 11.6. The van der Waals surface area contributed by atoms with Crippen molar-refractivity contribution < 1.29 is 9.72 Å². The van der Waals surface area contributed by atoms with Crippen LogP contribution in [0.1, 0.15) is 0 Å². The molecule has 24 heavy (non-hydrogen) atoms. The van der Waals surface area contributed by atoms with Gasteiger partial charge in [0.15, 0.2) is 0 Å². The number of halogens is 1. The second kappa shape index (κ2) is 9.14. The van der Waals surface area contributed by atoms with Gasteiger partial charge in [0.05, 0.1) is 15.7 Å². The molecule has 0 heterocycles. The zero-order valence-corrected chi connectivity index (χ0v) is 14.3. The smallest absolute Gasteiger partial charge is 0.269 e. The molecule has 0 aliphatic rings. The summed E-state index contributed by atoms with van der Waals surface area (Å²) in [5, 5.41) is 17.1. The van der Waals surface area contributed by atoms with E-state index in [9.17, 15) is 14.9 Å². The molecule has 2 rings (SSSR count). The zero-order valence-electron chi connectivity index (χ0n) is 12.7. The number of thioether (sulfide) groups is 1. The van der Waals surface area contributed by atoms with E-state index in [0.29, 0.717) is 23.9 Å².